The minimum absolute atomic E-state index is 0.116. The molecule has 8 nitrogen and oxygen atoms in total. The summed E-state index contributed by atoms with van der Waals surface area (Å²) in [5.41, 5.74) is 0. The van der Waals surface area contributed by atoms with Crippen LogP contribution in [0.25, 0.3) is 0 Å². The number of nitrogens with one attached hydrogen (secondary N) is 1. The lowest BCUT2D eigenvalue weighted by Gasteiger charge is -2.38. The number of para-hydroxylation sites is 1. The fourth-order valence-electron chi connectivity index (χ4n) is 3.21. The van der Waals surface area contributed by atoms with Crippen molar-refractivity contribution in [3.8, 4) is 11.5 Å². The molecule has 0 aliphatic carbocycles. The van der Waals surface area contributed by atoms with Gasteiger partial charge >= 0.3 is 0 Å². The van der Waals surface area contributed by atoms with E-state index in [1.807, 2.05) is 7.05 Å². The molecule has 1 saturated heterocycles. The highest BCUT2D eigenvalue weighted by Crippen LogP contribution is 2.38. The Morgan fingerprint density at radius 2 is 2.08 bits per heavy atom. The van der Waals surface area contributed by atoms with E-state index in [1.165, 1.54) is 4.31 Å². The van der Waals surface area contributed by atoms with Gasteiger partial charge in [0.1, 0.15) is 23.9 Å². The molecule has 9 heteroatoms. The normalized spacial score (nSPS) is 22.0. The molecule has 0 bridgehead atoms. The number of benzene rings is 1. The maximum atomic E-state index is 13.2. The summed E-state index contributed by atoms with van der Waals surface area (Å²) in [5.74, 6) is 1.54. The van der Waals surface area contributed by atoms with Crippen molar-refractivity contribution in [2.24, 2.45) is 0 Å². The van der Waals surface area contributed by atoms with Gasteiger partial charge in [0.25, 0.3) is 0 Å². The number of likely N-dealkylation sites (N-methyl/N-ethyl adjacent to an activating group) is 1. The van der Waals surface area contributed by atoms with Crippen LogP contribution in [0.1, 0.15) is 11.9 Å². The van der Waals surface area contributed by atoms with Gasteiger partial charge in [0, 0.05) is 32.0 Å². The largest absolute Gasteiger partial charge is 0.486 e. The van der Waals surface area contributed by atoms with Crippen molar-refractivity contribution in [1.29, 1.82) is 0 Å². The second-order valence-electron chi connectivity index (χ2n) is 6.11. The van der Waals surface area contributed by atoms with Gasteiger partial charge in [-0.3, -0.25) is 4.90 Å². The van der Waals surface area contributed by atoms with E-state index in [4.69, 9.17) is 9.47 Å². The molecule has 0 spiro atoms. The van der Waals surface area contributed by atoms with Crippen molar-refractivity contribution in [3.63, 3.8) is 0 Å². The molecule has 1 N–H and O–H groups in total. The van der Waals surface area contributed by atoms with E-state index in [-0.39, 0.29) is 10.9 Å². The van der Waals surface area contributed by atoms with E-state index in [2.05, 4.69) is 14.9 Å². The van der Waals surface area contributed by atoms with Crippen molar-refractivity contribution in [1.82, 2.24) is 19.2 Å². The number of H-pyrrole nitrogens is 1. The number of aromatic nitrogens is 2. The van der Waals surface area contributed by atoms with E-state index in [1.54, 1.807) is 30.6 Å². The van der Waals surface area contributed by atoms with Crippen LogP contribution >= 0.6 is 0 Å². The van der Waals surface area contributed by atoms with Gasteiger partial charge in [-0.1, -0.05) is 6.07 Å². The van der Waals surface area contributed by atoms with Crippen LogP contribution in [-0.2, 0) is 10.0 Å². The van der Waals surface area contributed by atoms with E-state index < -0.39 is 10.0 Å². The van der Waals surface area contributed by atoms with Crippen LogP contribution in [0.3, 0.4) is 0 Å². The predicted molar refractivity (Wildman–Crippen MR) is 90.1 cm³/mol. The lowest BCUT2D eigenvalue weighted by molar-refractivity contribution is 0.141. The second kappa shape index (κ2) is 6.32. The van der Waals surface area contributed by atoms with Crippen LogP contribution in [0.2, 0.25) is 0 Å². The number of sulfonamides is 1. The Morgan fingerprint density at radius 1 is 1.24 bits per heavy atom. The molecular formula is C16H20N4O4S. The first-order chi connectivity index (χ1) is 12.1. The van der Waals surface area contributed by atoms with E-state index in [0.29, 0.717) is 44.3 Å². The molecule has 1 atom stereocenters. The van der Waals surface area contributed by atoms with Crippen LogP contribution in [0.5, 0.6) is 11.5 Å². The van der Waals surface area contributed by atoms with Gasteiger partial charge in [0.05, 0.1) is 6.04 Å². The highest BCUT2D eigenvalue weighted by atomic mass is 32.2. The standard InChI is InChI=1S/C16H20N4O4S/c1-19-7-8-20(11-12(19)16-17-5-6-18-16)25(21,22)14-4-2-3-13-15(14)24-10-9-23-13/h2-6,12H,7-11H2,1H3,(H,17,18)/t12-/m0/s1. The average Bonchev–Trinajstić information content (AvgIpc) is 3.16. The maximum absolute atomic E-state index is 13.2. The zero-order valence-corrected chi connectivity index (χ0v) is 14.7. The number of hydrogen-bond donors (Lipinski definition) is 1. The molecule has 25 heavy (non-hydrogen) atoms. The average molecular weight is 364 g/mol. The number of rotatable bonds is 3. The monoisotopic (exact) mass is 364 g/mol. The molecule has 1 aromatic carbocycles. The zero-order valence-electron chi connectivity index (χ0n) is 13.9. The second-order valence-corrected chi connectivity index (χ2v) is 8.02. The molecule has 134 valence electrons. The number of piperazine rings is 1. The molecule has 0 unspecified atom stereocenters. The first kappa shape index (κ1) is 16.4. The number of ether oxygens (including phenoxy) is 2. The van der Waals surface area contributed by atoms with Gasteiger partial charge in [-0.15, -0.1) is 0 Å². The molecule has 3 heterocycles. The molecule has 1 aromatic heterocycles. The van der Waals surface area contributed by atoms with Gasteiger partial charge in [0.15, 0.2) is 11.5 Å². The molecule has 2 aliphatic rings. The molecule has 1 fully saturated rings. The summed E-state index contributed by atoms with van der Waals surface area (Å²) in [6, 6.07) is 4.86. The van der Waals surface area contributed by atoms with Gasteiger partial charge in [0.2, 0.25) is 10.0 Å². The third-order valence-electron chi connectivity index (χ3n) is 4.59. The van der Waals surface area contributed by atoms with Gasteiger partial charge in [-0.05, 0) is 19.2 Å². The molecule has 4 rings (SSSR count). The van der Waals surface area contributed by atoms with Crippen molar-refractivity contribution in [2.75, 3.05) is 39.9 Å². The van der Waals surface area contributed by atoms with Crippen LogP contribution in [0, 0.1) is 0 Å². The van der Waals surface area contributed by atoms with Crippen LogP contribution in [0.15, 0.2) is 35.5 Å². The minimum atomic E-state index is -3.69. The van der Waals surface area contributed by atoms with Crippen molar-refractivity contribution in [2.45, 2.75) is 10.9 Å². The molecule has 0 amide bonds. The highest BCUT2D eigenvalue weighted by Gasteiger charge is 2.37. The fraction of sp³-hybridized carbons (Fsp3) is 0.438. The first-order valence-corrected chi connectivity index (χ1v) is 9.59. The van der Waals surface area contributed by atoms with Gasteiger partial charge < -0.3 is 14.5 Å². The number of hydrogen-bond acceptors (Lipinski definition) is 6. The zero-order chi connectivity index (χ0) is 17.4. The fourth-order valence-corrected chi connectivity index (χ4v) is 4.79. The summed E-state index contributed by atoms with van der Waals surface area (Å²) in [4.78, 5) is 9.63. The number of aromatic amines is 1. The number of nitrogens with zero attached hydrogens (tertiary/aromatic N) is 3. The van der Waals surface area contributed by atoms with Crippen LogP contribution in [0.4, 0.5) is 0 Å². The third kappa shape index (κ3) is 2.88. The van der Waals surface area contributed by atoms with E-state index >= 15 is 0 Å². The van der Waals surface area contributed by atoms with Crippen molar-refractivity contribution < 1.29 is 17.9 Å². The molecule has 0 saturated carbocycles. The molecular weight excluding hydrogens is 344 g/mol. The van der Waals surface area contributed by atoms with Crippen LogP contribution < -0.4 is 9.47 Å². The Morgan fingerprint density at radius 3 is 2.88 bits per heavy atom. The SMILES string of the molecule is CN1CCN(S(=O)(=O)c2cccc3c2OCCO3)C[C@H]1c1ncc[nH]1. The van der Waals surface area contributed by atoms with Crippen molar-refractivity contribution >= 4 is 10.0 Å². The summed E-state index contributed by atoms with van der Waals surface area (Å²) >= 11 is 0. The number of imidazole rings is 1. The quantitative estimate of drug-likeness (QED) is 0.869. The van der Waals surface area contributed by atoms with Gasteiger partial charge in [-0.25, -0.2) is 13.4 Å². The summed E-state index contributed by atoms with van der Waals surface area (Å²) in [6.07, 6.45) is 3.42. The molecule has 0 radical (unpaired) electrons. The Labute approximate surface area is 146 Å². The molecule has 2 aromatic rings. The number of fused-ring (bicyclic) bond motifs is 1. The summed E-state index contributed by atoms with van der Waals surface area (Å²) < 4.78 is 39.0. The summed E-state index contributed by atoms with van der Waals surface area (Å²) in [7, 11) is -1.72. The van der Waals surface area contributed by atoms with E-state index in [9.17, 15) is 8.42 Å². The lowest BCUT2D eigenvalue weighted by Crippen LogP contribution is -2.49. The Bertz CT molecular complexity index is 853. The summed E-state index contributed by atoms with van der Waals surface area (Å²) in [6.45, 7) is 2.14. The maximum Gasteiger partial charge on any atom is 0.247 e. The highest BCUT2D eigenvalue weighted by molar-refractivity contribution is 7.89. The van der Waals surface area contributed by atoms with E-state index in [0.717, 1.165) is 5.82 Å². The Balaban J connectivity index is 1.67. The summed E-state index contributed by atoms with van der Waals surface area (Å²) in [5, 5.41) is 0. The predicted octanol–water partition coefficient (Wildman–Crippen LogP) is 0.858. The Hall–Kier alpha value is -2.10. The smallest absolute Gasteiger partial charge is 0.247 e. The Kier molecular flexibility index (Phi) is 4.14. The topological polar surface area (TPSA) is 87.8 Å². The third-order valence-corrected chi connectivity index (χ3v) is 6.48. The first-order valence-electron chi connectivity index (χ1n) is 8.15. The minimum Gasteiger partial charge on any atom is -0.486 e. The lowest BCUT2D eigenvalue weighted by atomic mass is 10.2. The van der Waals surface area contributed by atoms with Crippen LogP contribution in [-0.4, -0.2) is 67.5 Å². The van der Waals surface area contributed by atoms with Gasteiger partial charge in [-0.2, -0.15) is 4.31 Å². The molecule has 2 aliphatic heterocycles. The van der Waals surface area contributed by atoms with Crippen molar-refractivity contribution in [3.05, 3.63) is 36.4 Å².